The number of benzene rings is 1. The Hall–Kier alpha value is -1.28. The molecule has 0 fully saturated rings. The number of nitrogens with zero attached hydrogens (tertiary/aromatic N) is 1. The van der Waals surface area contributed by atoms with Crippen LogP contribution in [0.3, 0.4) is 0 Å². The average molecular weight is 247 g/mol. The van der Waals surface area contributed by atoms with Crippen LogP contribution in [-0.4, -0.2) is 12.0 Å². The van der Waals surface area contributed by atoms with Crippen molar-refractivity contribution in [2.75, 3.05) is 12.4 Å². The number of halogens is 1. The van der Waals surface area contributed by atoms with Gasteiger partial charge in [-0.2, -0.15) is 0 Å². The van der Waals surface area contributed by atoms with Gasteiger partial charge >= 0.3 is 0 Å². The van der Waals surface area contributed by atoms with E-state index >= 15 is 0 Å². The van der Waals surface area contributed by atoms with E-state index in [4.69, 9.17) is 16.6 Å². The third-order valence-corrected chi connectivity index (χ3v) is 3.75. The fourth-order valence-electron chi connectivity index (χ4n) is 2.74. The van der Waals surface area contributed by atoms with Crippen molar-refractivity contribution in [2.24, 2.45) is 0 Å². The number of aromatic nitrogens is 1. The minimum Gasteiger partial charge on any atom is -0.387 e. The first-order chi connectivity index (χ1) is 8.20. The van der Waals surface area contributed by atoms with Crippen molar-refractivity contribution in [2.45, 2.75) is 26.2 Å². The molecular formula is C14H15ClN2. The molecule has 1 heterocycles. The number of aryl methyl sites for hydroxylation is 2. The van der Waals surface area contributed by atoms with Crippen LogP contribution < -0.4 is 5.32 Å². The molecule has 0 aliphatic heterocycles. The van der Waals surface area contributed by atoms with Crippen molar-refractivity contribution in [1.29, 1.82) is 0 Å². The highest BCUT2D eigenvalue weighted by molar-refractivity contribution is 6.35. The second-order valence-corrected chi connectivity index (χ2v) is 5.07. The fraction of sp³-hybridized carbons (Fsp3) is 0.357. The van der Waals surface area contributed by atoms with Crippen LogP contribution in [0.15, 0.2) is 12.1 Å². The number of fused-ring (bicyclic) bond motifs is 2. The van der Waals surface area contributed by atoms with Gasteiger partial charge in [0, 0.05) is 23.8 Å². The molecule has 3 rings (SSSR count). The lowest BCUT2D eigenvalue weighted by atomic mass is 10.0. The Bertz CT molecular complexity index is 605. The predicted molar refractivity (Wildman–Crippen MR) is 73.1 cm³/mol. The highest BCUT2D eigenvalue weighted by Crippen LogP contribution is 2.36. The van der Waals surface area contributed by atoms with Crippen LogP contribution in [0.5, 0.6) is 0 Å². The molecule has 0 saturated carbocycles. The Morgan fingerprint density at radius 3 is 2.88 bits per heavy atom. The van der Waals surface area contributed by atoms with E-state index in [1.807, 2.05) is 13.1 Å². The topological polar surface area (TPSA) is 24.9 Å². The number of hydrogen-bond donors (Lipinski definition) is 1. The second-order valence-electron chi connectivity index (χ2n) is 4.66. The van der Waals surface area contributed by atoms with Crippen LogP contribution in [0.4, 0.5) is 5.69 Å². The molecule has 1 aromatic heterocycles. The van der Waals surface area contributed by atoms with Gasteiger partial charge in [-0.3, -0.25) is 4.98 Å². The Morgan fingerprint density at radius 1 is 1.29 bits per heavy atom. The van der Waals surface area contributed by atoms with E-state index in [1.165, 1.54) is 28.9 Å². The lowest BCUT2D eigenvalue weighted by Crippen LogP contribution is -2.00. The lowest BCUT2D eigenvalue weighted by molar-refractivity contribution is 0.901. The predicted octanol–water partition coefficient (Wildman–Crippen LogP) is 3.73. The number of anilines is 1. The minimum absolute atomic E-state index is 0.756. The van der Waals surface area contributed by atoms with Gasteiger partial charge < -0.3 is 5.32 Å². The van der Waals surface area contributed by atoms with E-state index in [9.17, 15) is 0 Å². The van der Waals surface area contributed by atoms with E-state index in [0.29, 0.717) is 0 Å². The number of rotatable bonds is 1. The number of hydrogen-bond acceptors (Lipinski definition) is 2. The van der Waals surface area contributed by atoms with E-state index in [-0.39, 0.29) is 0 Å². The van der Waals surface area contributed by atoms with Gasteiger partial charge in [0.15, 0.2) is 0 Å². The van der Waals surface area contributed by atoms with E-state index < -0.39 is 0 Å². The minimum atomic E-state index is 0.756. The van der Waals surface area contributed by atoms with Gasteiger partial charge in [0.05, 0.1) is 10.5 Å². The second kappa shape index (κ2) is 3.88. The standard InChI is InChI=1S/C14H15ClN2/c1-8-6-10-13(16-2)9-4-3-5-12(9)17-14(10)11(15)7-8/h6-7H,3-5H2,1-2H3,(H,16,17). The summed E-state index contributed by atoms with van der Waals surface area (Å²) in [5.74, 6) is 0. The molecule has 3 heteroatoms. The van der Waals surface area contributed by atoms with E-state index in [1.54, 1.807) is 0 Å². The normalized spacial score (nSPS) is 14.1. The molecule has 1 aliphatic rings. The molecule has 17 heavy (non-hydrogen) atoms. The number of nitrogens with one attached hydrogen (secondary N) is 1. The molecule has 0 saturated heterocycles. The van der Waals surface area contributed by atoms with Crippen LogP contribution in [0.2, 0.25) is 5.02 Å². The molecule has 1 aromatic carbocycles. The average Bonchev–Trinajstić information content (AvgIpc) is 2.74. The summed E-state index contributed by atoms with van der Waals surface area (Å²) in [5.41, 5.74) is 5.92. The molecule has 0 spiro atoms. The van der Waals surface area contributed by atoms with Gasteiger partial charge in [0.2, 0.25) is 0 Å². The molecule has 0 unspecified atom stereocenters. The summed E-state index contributed by atoms with van der Waals surface area (Å²) in [6, 6.07) is 4.15. The molecule has 1 N–H and O–H groups in total. The molecule has 0 bridgehead atoms. The fourth-order valence-corrected chi connectivity index (χ4v) is 3.06. The van der Waals surface area contributed by atoms with Gasteiger partial charge in [-0.15, -0.1) is 0 Å². The van der Waals surface area contributed by atoms with Crippen LogP contribution in [0.25, 0.3) is 10.9 Å². The SMILES string of the molecule is CNc1c2c(nc3c(Cl)cc(C)cc13)CCC2. The van der Waals surface area contributed by atoms with E-state index in [2.05, 4.69) is 18.3 Å². The van der Waals surface area contributed by atoms with Gasteiger partial charge in [-0.25, -0.2) is 0 Å². The number of pyridine rings is 1. The van der Waals surface area contributed by atoms with Crippen molar-refractivity contribution < 1.29 is 0 Å². The van der Waals surface area contributed by atoms with Crippen molar-refractivity contribution in [3.05, 3.63) is 34.0 Å². The summed E-state index contributed by atoms with van der Waals surface area (Å²) in [6.07, 6.45) is 3.40. The van der Waals surface area contributed by atoms with Crippen molar-refractivity contribution in [3.63, 3.8) is 0 Å². The zero-order chi connectivity index (χ0) is 12.0. The molecular weight excluding hydrogens is 232 g/mol. The molecule has 0 radical (unpaired) electrons. The Balaban J connectivity index is 2.45. The Morgan fingerprint density at radius 2 is 2.12 bits per heavy atom. The molecule has 0 atom stereocenters. The summed E-state index contributed by atoms with van der Waals surface area (Å²) in [4.78, 5) is 4.73. The monoisotopic (exact) mass is 246 g/mol. The maximum absolute atomic E-state index is 6.30. The molecule has 0 amide bonds. The molecule has 2 nitrogen and oxygen atoms in total. The van der Waals surface area contributed by atoms with Crippen molar-refractivity contribution >= 4 is 28.2 Å². The maximum atomic E-state index is 6.30. The molecule has 1 aliphatic carbocycles. The van der Waals surface area contributed by atoms with Crippen LogP contribution >= 0.6 is 11.6 Å². The van der Waals surface area contributed by atoms with Gasteiger partial charge in [0.25, 0.3) is 0 Å². The zero-order valence-corrected chi connectivity index (χ0v) is 10.9. The zero-order valence-electron chi connectivity index (χ0n) is 10.1. The lowest BCUT2D eigenvalue weighted by Gasteiger charge is -2.13. The Kier molecular flexibility index (Phi) is 2.48. The van der Waals surface area contributed by atoms with Gasteiger partial charge in [-0.1, -0.05) is 11.6 Å². The summed E-state index contributed by atoms with van der Waals surface area (Å²) in [5, 5.41) is 5.23. The first-order valence-electron chi connectivity index (χ1n) is 6.00. The summed E-state index contributed by atoms with van der Waals surface area (Å²) < 4.78 is 0. The first-order valence-corrected chi connectivity index (χ1v) is 6.38. The highest BCUT2D eigenvalue weighted by Gasteiger charge is 2.19. The summed E-state index contributed by atoms with van der Waals surface area (Å²) in [7, 11) is 1.98. The van der Waals surface area contributed by atoms with Crippen LogP contribution in [-0.2, 0) is 12.8 Å². The largest absolute Gasteiger partial charge is 0.387 e. The van der Waals surface area contributed by atoms with Gasteiger partial charge in [-0.05, 0) is 49.4 Å². The van der Waals surface area contributed by atoms with E-state index in [0.717, 1.165) is 28.8 Å². The summed E-state index contributed by atoms with van der Waals surface area (Å²) >= 11 is 6.30. The third kappa shape index (κ3) is 1.59. The van der Waals surface area contributed by atoms with Crippen molar-refractivity contribution in [1.82, 2.24) is 4.98 Å². The highest BCUT2D eigenvalue weighted by atomic mass is 35.5. The Labute approximate surface area is 106 Å². The van der Waals surface area contributed by atoms with Crippen LogP contribution in [0.1, 0.15) is 23.2 Å². The smallest absolute Gasteiger partial charge is 0.0912 e. The maximum Gasteiger partial charge on any atom is 0.0912 e. The molecule has 88 valence electrons. The van der Waals surface area contributed by atoms with Gasteiger partial charge in [0.1, 0.15) is 0 Å². The van der Waals surface area contributed by atoms with Crippen molar-refractivity contribution in [3.8, 4) is 0 Å². The quantitative estimate of drug-likeness (QED) is 0.830. The third-order valence-electron chi connectivity index (χ3n) is 3.46. The first kappa shape index (κ1) is 10.8. The summed E-state index contributed by atoms with van der Waals surface area (Å²) in [6.45, 7) is 2.07. The molecule has 2 aromatic rings. The van der Waals surface area contributed by atoms with Crippen LogP contribution in [0, 0.1) is 6.92 Å².